The van der Waals surface area contributed by atoms with Crippen molar-refractivity contribution in [3.8, 4) is 11.4 Å². The number of hydrogen-bond donors (Lipinski definition) is 1. The number of anilines is 1. The number of amides is 1. The third-order valence-electron chi connectivity index (χ3n) is 4.00. The van der Waals surface area contributed by atoms with Crippen LogP contribution in [0.15, 0.2) is 34.4 Å². The quantitative estimate of drug-likeness (QED) is 0.569. The van der Waals surface area contributed by atoms with Crippen molar-refractivity contribution in [1.29, 1.82) is 0 Å². The highest BCUT2D eigenvalue weighted by atomic mass is 32.1. The lowest BCUT2D eigenvalue weighted by atomic mass is 10.2. The summed E-state index contributed by atoms with van der Waals surface area (Å²) < 4.78 is 16.5. The van der Waals surface area contributed by atoms with Crippen molar-refractivity contribution in [3.63, 3.8) is 0 Å². The Hall–Kier alpha value is -3.40. The number of nitrogens with one attached hydrogen (secondary N) is 1. The lowest BCUT2D eigenvalue weighted by molar-refractivity contribution is 0.0520. The lowest BCUT2D eigenvalue weighted by Gasteiger charge is -2.10. The molecule has 3 aromatic rings. The molecule has 0 aliphatic heterocycles. The summed E-state index contributed by atoms with van der Waals surface area (Å²) in [5.74, 6) is -0.0242. The van der Waals surface area contributed by atoms with Gasteiger partial charge in [0.05, 0.1) is 30.9 Å². The van der Waals surface area contributed by atoms with Gasteiger partial charge >= 0.3 is 12.1 Å². The van der Waals surface area contributed by atoms with E-state index in [0.717, 1.165) is 16.0 Å². The van der Waals surface area contributed by atoms with Crippen LogP contribution in [0.5, 0.6) is 5.75 Å². The molecule has 0 fully saturated rings. The zero-order chi connectivity index (χ0) is 21.7. The summed E-state index contributed by atoms with van der Waals surface area (Å²) in [6.07, 6.45) is -0.692. The van der Waals surface area contributed by atoms with E-state index in [9.17, 15) is 14.4 Å². The van der Waals surface area contributed by atoms with Crippen LogP contribution in [0.3, 0.4) is 0 Å². The van der Waals surface area contributed by atoms with E-state index in [4.69, 9.17) is 14.2 Å². The van der Waals surface area contributed by atoms with Gasteiger partial charge in [0.1, 0.15) is 10.8 Å². The number of carbonyl (C=O) groups excluding carboxylic acids is 2. The van der Waals surface area contributed by atoms with Crippen molar-refractivity contribution >= 4 is 39.2 Å². The molecule has 158 valence electrons. The summed E-state index contributed by atoms with van der Waals surface area (Å²) in [4.78, 5) is 37.6. The summed E-state index contributed by atoms with van der Waals surface area (Å²) in [6.45, 7) is 6.07. The number of thiophene rings is 1. The fraction of sp³-hybridized carbons (Fsp3) is 0.300. The first kappa shape index (κ1) is 21.3. The Morgan fingerprint density at radius 2 is 1.77 bits per heavy atom. The van der Waals surface area contributed by atoms with Crippen LogP contribution in [0.2, 0.25) is 0 Å². The second-order valence-corrected chi connectivity index (χ2v) is 6.79. The average molecular weight is 431 g/mol. The second-order valence-electron chi connectivity index (χ2n) is 5.91. The van der Waals surface area contributed by atoms with Crippen molar-refractivity contribution in [2.24, 2.45) is 0 Å². The van der Waals surface area contributed by atoms with Crippen LogP contribution in [0.25, 0.3) is 16.5 Å². The van der Waals surface area contributed by atoms with Crippen LogP contribution in [0.1, 0.15) is 31.3 Å². The highest BCUT2D eigenvalue weighted by Crippen LogP contribution is 2.31. The molecule has 0 unspecified atom stereocenters. The Balaban J connectivity index is 2.18. The topological polar surface area (TPSA) is 109 Å². The predicted octanol–water partition coefficient (Wildman–Crippen LogP) is 3.59. The number of ether oxygens (including phenoxy) is 3. The number of aromatic nitrogens is 2. The van der Waals surface area contributed by atoms with Gasteiger partial charge in [-0.15, -0.1) is 11.3 Å². The van der Waals surface area contributed by atoms with E-state index in [1.54, 1.807) is 43.5 Å². The van der Waals surface area contributed by atoms with Gasteiger partial charge in [-0.3, -0.25) is 10.1 Å². The molecule has 0 aliphatic carbocycles. The Labute approximate surface area is 176 Å². The van der Waals surface area contributed by atoms with Gasteiger partial charge in [-0.25, -0.2) is 9.59 Å². The largest absolute Gasteiger partial charge is 0.494 e. The molecule has 0 atom stereocenters. The number of rotatable bonds is 7. The number of hydrogen-bond acceptors (Lipinski definition) is 8. The maximum absolute atomic E-state index is 13.2. The first-order chi connectivity index (χ1) is 14.5. The van der Waals surface area contributed by atoms with Gasteiger partial charge in [-0.1, -0.05) is 0 Å². The van der Waals surface area contributed by atoms with Gasteiger partial charge in [0, 0.05) is 10.8 Å². The van der Waals surface area contributed by atoms with E-state index in [-0.39, 0.29) is 29.3 Å². The Bertz CT molecular complexity index is 1120. The molecule has 0 aliphatic rings. The van der Waals surface area contributed by atoms with Crippen molar-refractivity contribution in [1.82, 2.24) is 9.78 Å². The van der Waals surface area contributed by atoms with Crippen LogP contribution in [0.4, 0.5) is 9.80 Å². The summed E-state index contributed by atoms with van der Waals surface area (Å²) in [6, 6.07) is 6.72. The molecule has 0 bridgehead atoms. The molecule has 2 heterocycles. The molecule has 3 rings (SSSR count). The molecular formula is C20H21N3O6S. The van der Waals surface area contributed by atoms with Crippen molar-refractivity contribution in [3.05, 3.63) is 45.7 Å². The number of esters is 1. The molecule has 1 amide bonds. The van der Waals surface area contributed by atoms with Crippen molar-refractivity contribution in [2.75, 3.05) is 25.1 Å². The zero-order valence-electron chi connectivity index (χ0n) is 16.8. The number of fused-ring (bicyclic) bond motifs is 1. The maximum Gasteiger partial charge on any atom is 0.412 e. The summed E-state index contributed by atoms with van der Waals surface area (Å²) in [5.41, 5.74) is -0.0760. The molecule has 30 heavy (non-hydrogen) atoms. The highest BCUT2D eigenvalue weighted by Gasteiger charge is 2.23. The minimum Gasteiger partial charge on any atom is -0.494 e. The third kappa shape index (κ3) is 4.28. The molecule has 2 aromatic heterocycles. The normalized spacial score (nSPS) is 10.6. The second kappa shape index (κ2) is 9.40. The summed E-state index contributed by atoms with van der Waals surface area (Å²) >= 11 is 1.10. The van der Waals surface area contributed by atoms with E-state index in [1.165, 1.54) is 0 Å². The summed E-state index contributed by atoms with van der Waals surface area (Å²) in [5, 5.41) is 9.10. The van der Waals surface area contributed by atoms with Gasteiger partial charge in [0.2, 0.25) is 0 Å². The zero-order valence-corrected chi connectivity index (χ0v) is 17.6. The van der Waals surface area contributed by atoms with Gasteiger partial charge < -0.3 is 14.2 Å². The van der Waals surface area contributed by atoms with Crippen molar-refractivity contribution < 1.29 is 23.8 Å². The Morgan fingerprint density at radius 3 is 2.40 bits per heavy atom. The minimum absolute atomic E-state index is 0.0199. The molecular weight excluding hydrogens is 410 g/mol. The standard InChI is InChI=1S/C20H21N3O6S/c1-4-27-13-9-7-12(8-10-13)23-18(24)15-14(16(22-23)19(25)28-5-2)11-30-17(15)21-20(26)29-6-3/h7-11H,4-6H2,1-3H3,(H,21,26). The molecule has 1 aromatic carbocycles. The third-order valence-corrected chi connectivity index (χ3v) is 4.90. The molecule has 0 radical (unpaired) electrons. The number of carbonyl (C=O) groups is 2. The van der Waals surface area contributed by atoms with Crippen molar-refractivity contribution in [2.45, 2.75) is 20.8 Å². The number of benzene rings is 1. The average Bonchev–Trinajstić information content (AvgIpc) is 3.14. The predicted molar refractivity (Wildman–Crippen MR) is 113 cm³/mol. The fourth-order valence-electron chi connectivity index (χ4n) is 2.78. The Kier molecular flexibility index (Phi) is 6.68. The van der Waals surface area contributed by atoms with Crippen LogP contribution in [-0.2, 0) is 9.47 Å². The van der Waals surface area contributed by atoms with Gasteiger partial charge in [-0.05, 0) is 45.0 Å². The van der Waals surface area contributed by atoms with Gasteiger partial charge in [0.15, 0.2) is 5.69 Å². The van der Waals surface area contributed by atoms with Crippen LogP contribution in [0, 0.1) is 0 Å². The van der Waals surface area contributed by atoms with E-state index in [2.05, 4.69) is 10.4 Å². The molecule has 10 heteroatoms. The van der Waals surface area contributed by atoms with E-state index < -0.39 is 17.6 Å². The number of nitrogens with zero attached hydrogens (tertiary/aromatic N) is 2. The van der Waals surface area contributed by atoms with Crippen LogP contribution >= 0.6 is 11.3 Å². The summed E-state index contributed by atoms with van der Waals surface area (Å²) in [7, 11) is 0. The van der Waals surface area contributed by atoms with Gasteiger partial charge in [-0.2, -0.15) is 9.78 Å². The van der Waals surface area contributed by atoms with E-state index in [0.29, 0.717) is 23.4 Å². The van der Waals surface area contributed by atoms with Crippen LogP contribution < -0.4 is 15.6 Å². The van der Waals surface area contributed by atoms with Crippen LogP contribution in [-0.4, -0.2) is 41.7 Å². The van der Waals surface area contributed by atoms with E-state index >= 15 is 0 Å². The Morgan fingerprint density at radius 1 is 1.07 bits per heavy atom. The van der Waals surface area contributed by atoms with Gasteiger partial charge in [0.25, 0.3) is 5.56 Å². The van der Waals surface area contributed by atoms with E-state index in [1.807, 2.05) is 6.92 Å². The first-order valence-electron chi connectivity index (χ1n) is 9.38. The maximum atomic E-state index is 13.2. The highest BCUT2D eigenvalue weighted by molar-refractivity contribution is 7.16. The lowest BCUT2D eigenvalue weighted by Crippen LogP contribution is -2.25. The molecule has 9 nitrogen and oxygen atoms in total. The molecule has 1 N–H and O–H groups in total. The SMILES string of the molecule is CCOC(=O)Nc1scc2c(C(=O)OCC)nn(-c3ccc(OCC)cc3)c(=O)c12. The molecule has 0 spiro atoms. The monoisotopic (exact) mass is 431 g/mol. The molecule has 0 saturated heterocycles. The smallest absolute Gasteiger partial charge is 0.412 e. The first-order valence-corrected chi connectivity index (χ1v) is 10.3. The minimum atomic E-state index is -0.692. The molecule has 0 saturated carbocycles. The fourth-order valence-corrected chi connectivity index (χ4v) is 3.70.